The molecule has 0 N–H and O–H groups in total. The maximum absolute atomic E-state index is 12.0. The molecule has 1 rings (SSSR count). The van der Waals surface area contributed by atoms with Crippen molar-refractivity contribution in [2.45, 2.75) is 58.8 Å². The predicted octanol–water partition coefficient (Wildman–Crippen LogP) is 2.99. The van der Waals surface area contributed by atoms with Gasteiger partial charge in [0.1, 0.15) is 15.6 Å². The summed E-state index contributed by atoms with van der Waals surface area (Å²) in [5.41, 5.74) is 0. The molecule has 0 saturated heterocycles. The standard InChI is InChI=1S/C14H26O3S/c1-3-12-7-5-8-13(11-12)14(15)9-6-10-18(16,17)4-2/h12-13H,3-11H2,1-2H3. The molecule has 0 bridgehead atoms. The van der Waals surface area contributed by atoms with Crippen LogP contribution in [0.3, 0.4) is 0 Å². The van der Waals surface area contributed by atoms with E-state index in [-0.39, 0.29) is 17.4 Å². The lowest BCUT2D eigenvalue weighted by atomic mass is 9.77. The van der Waals surface area contributed by atoms with Gasteiger partial charge in [-0.3, -0.25) is 4.79 Å². The van der Waals surface area contributed by atoms with Crippen molar-refractivity contribution in [2.75, 3.05) is 11.5 Å². The fourth-order valence-electron chi connectivity index (χ4n) is 2.77. The van der Waals surface area contributed by atoms with E-state index in [1.165, 1.54) is 6.42 Å². The van der Waals surface area contributed by atoms with Gasteiger partial charge in [0.15, 0.2) is 0 Å². The molecule has 2 atom stereocenters. The van der Waals surface area contributed by atoms with E-state index in [4.69, 9.17) is 0 Å². The van der Waals surface area contributed by atoms with Crippen molar-refractivity contribution in [3.63, 3.8) is 0 Å². The van der Waals surface area contributed by atoms with E-state index in [2.05, 4.69) is 6.92 Å². The van der Waals surface area contributed by atoms with Crippen molar-refractivity contribution < 1.29 is 13.2 Å². The van der Waals surface area contributed by atoms with E-state index in [1.54, 1.807) is 6.92 Å². The fourth-order valence-corrected chi connectivity index (χ4v) is 3.64. The molecule has 0 aromatic carbocycles. The molecule has 106 valence electrons. The first-order valence-corrected chi connectivity index (χ1v) is 9.03. The minimum atomic E-state index is -2.91. The summed E-state index contributed by atoms with van der Waals surface area (Å²) in [6.07, 6.45) is 6.55. The monoisotopic (exact) mass is 274 g/mol. The van der Waals surface area contributed by atoms with Gasteiger partial charge in [-0.05, 0) is 25.2 Å². The third kappa shape index (κ3) is 5.09. The minimum absolute atomic E-state index is 0.166. The molecule has 0 aromatic heterocycles. The van der Waals surface area contributed by atoms with E-state index < -0.39 is 9.84 Å². The molecule has 0 aliphatic heterocycles. The highest BCUT2D eigenvalue weighted by Gasteiger charge is 2.25. The minimum Gasteiger partial charge on any atom is -0.299 e. The smallest absolute Gasteiger partial charge is 0.150 e. The summed E-state index contributed by atoms with van der Waals surface area (Å²) in [5.74, 6) is 1.54. The average molecular weight is 274 g/mol. The fraction of sp³-hybridized carbons (Fsp3) is 0.929. The molecule has 0 amide bonds. The van der Waals surface area contributed by atoms with Crippen LogP contribution < -0.4 is 0 Å². The van der Waals surface area contributed by atoms with E-state index in [0.717, 1.165) is 25.7 Å². The SMILES string of the molecule is CCC1CCCC(C(=O)CCCS(=O)(=O)CC)C1. The Morgan fingerprint density at radius 3 is 2.56 bits per heavy atom. The van der Waals surface area contributed by atoms with Crippen LogP contribution in [0.4, 0.5) is 0 Å². The molecule has 3 nitrogen and oxygen atoms in total. The third-order valence-electron chi connectivity index (χ3n) is 4.13. The summed E-state index contributed by atoms with van der Waals surface area (Å²) in [4.78, 5) is 12.0. The number of rotatable bonds is 7. The lowest BCUT2D eigenvalue weighted by molar-refractivity contribution is -0.124. The Labute approximate surface area is 111 Å². The third-order valence-corrected chi connectivity index (χ3v) is 5.92. The Bertz CT molecular complexity index is 359. The zero-order valence-corrected chi connectivity index (χ0v) is 12.5. The van der Waals surface area contributed by atoms with Gasteiger partial charge in [-0.15, -0.1) is 0 Å². The van der Waals surface area contributed by atoms with Crippen molar-refractivity contribution in [3.05, 3.63) is 0 Å². The Hall–Kier alpha value is -0.380. The van der Waals surface area contributed by atoms with Gasteiger partial charge < -0.3 is 0 Å². The second-order valence-electron chi connectivity index (χ2n) is 5.44. The van der Waals surface area contributed by atoms with Crippen molar-refractivity contribution >= 4 is 15.6 Å². The highest BCUT2D eigenvalue weighted by atomic mass is 32.2. The van der Waals surface area contributed by atoms with Gasteiger partial charge in [-0.2, -0.15) is 0 Å². The van der Waals surface area contributed by atoms with Crippen LogP contribution in [0.1, 0.15) is 58.8 Å². The van der Waals surface area contributed by atoms with Crippen molar-refractivity contribution in [3.8, 4) is 0 Å². The van der Waals surface area contributed by atoms with Crippen molar-refractivity contribution in [1.82, 2.24) is 0 Å². The van der Waals surface area contributed by atoms with E-state index >= 15 is 0 Å². The number of carbonyl (C=O) groups excluding carboxylic acids is 1. The second kappa shape index (κ2) is 7.27. The number of sulfone groups is 1. The predicted molar refractivity (Wildman–Crippen MR) is 74.3 cm³/mol. The number of carbonyl (C=O) groups is 1. The summed E-state index contributed by atoms with van der Waals surface area (Å²) in [6.45, 7) is 3.84. The first kappa shape index (κ1) is 15.7. The normalized spacial score (nSPS) is 25.0. The molecule has 18 heavy (non-hydrogen) atoms. The molecular weight excluding hydrogens is 248 g/mol. The molecule has 0 spiro atoms. The molecule has 0 heterocycles. The molecule has 1 saturated carbocycles. The van der Waals surface area contributed by atoms with Crippen LogP contribution in [0.15, 0.2) is 0 Å². The summed E-state index contributed by atoms with van der Waals surface area (Å²) >= 11 is 0. The topological polar surface area (TPSA) is 51.2 Å². The summed E-state index contributed by atoms with van der Waals surface area (Å²) in [7, 11) is -2.91. The van der Waals surface area contributed by atoms with Crippen molar-refractivity contribution in [2.24, 2.45) is 11.8 Å². The first-order chi connectivity index (χ1) is 8.48. The van der Waals surface area contributed by atoms with Gasteiger partial charge >= 0.3 is 0 Å². The molecule has 1 fully saturated rings. The van der Waals surface area contributed by atoms with Gasteiger partial charge in [0.25, 0.3) is 0 Å². The van der Waals surface area contributed by atoms with Crippen LogP contribution in [-0.2, 0) is 14.6 Å². The number of hydrogen-bond donors (Lipinski definition) is 0. The summed E-state index contributed by atoms with van der Waals surface area (Å²) in [5, 5.41) is 0. The Morgan fingerprint density at radius 1 is 1.22 bits per heavy atom. The number of Topliss-reactive ketones (excluding diaryl/α,β-unsaturated/α-hetero) is 1. The molecular formula is C14H26O3S. The largest absolute Gasteiger partial charge is 0.299 e. The van der Waals surface area contributed by atoms with Crippen LogP contribution in [0.2, 0.25) is 0 Å². The maximum atomic E-state index is 12.0. The van der Waals surface area contributed by atoms with E-state index in [0.29, 0.717) is 24.5 Å². The van der Waals surface area contributed by atoms with Crippen LogP contribution >= 0.6 is 0 Å². The summed E-state index contributed by atoms with van der Waals surface area (Å²) in [6, 6.07) is 0. The molecule has 1 aliphatic rings. The van der Waals surface area contributed by atoms with Gasteiger partial charge in [-0.1, -0.05) is 33.1 Å². The van der Waals surface area contributed by atoms with Gasteiger partial charge in [0, 0.05) is 18.1 Å². The molecule has 0 aromatic rings. The quantitative estimate of drug-likeness (QED) is 0.717. The second-order valence-corrected chi connectivity index (χ2v) is 7.92. The first-order valence-electron chi connectivity index (χ1n) is 7.21. The number of ketones is 1. The van der Waals surface area contributed by atoms with Crippen LogP contribution in [-0.4, -0.2) is 25.7 Å². The Balaban J connectivity index is 2.32. The zero-order chi connectivity index (χ0) is 13.6. The number of hydrogen-bond acceptors (Lipinski definition) is 3. The van der Waals surface area contributed by atoms with Crippen LogP contribution in [0.25, 0.3) is 0 Å². The molecule has 0 radical (unpaired) electrons. The van der Waals surface area contributed by atoms with Gasteiger partial charge in [0.05, 0.1) is 5.75 Å². The van der Waals surface area contributed by atoms with E-state index in [9.17, 15) is 13.2 Å². The maximum Gasteiger partial charge on any atom is 0.150 e. The van der Waals surface area contributed by atoms with Crippen molar-refractivity contribution in [1.29, 1.82) is 0 Å². The van der Waals surface area contributed by atoms with Gasteiger partial charge in [-0.25, -0.2) is 8.42 Å². The average Bonchev–Trinajstić information content (AvgIpc) is 2.38. The van der Waals surface area contributed by atoms with E-state index in [1.807, 2.05) is 0 Å². The van der Waals surface area contributed by atoms with Crippen LogP contribution in [0.5, 0.6) is 0 Å². The molecule has 2 unspecified atom stereocenters. The molecule has 1 aliphatic carbocycles. The molecule has 4 heteroatoms. The lowest BCUT2D eigenvalue weighted by Gasteiger charge is -2.27. The highest BCUT2D eigenvalue weighted by Crippen LogP contribution is 2.32. The highest BCUT2D eigenvalue weighted by molar-refractivity contribution is 7.91. The lowest BCUT2D eigenvalue weighted by Crippen LogP contribution is -2.23. The summed E-state index contributed by atoms with van der Waals surface area (Å²) < 4.78 is 22.7. The zero-order valence-electron chi connectivity index (χ0n) is 11.7. The van der Waals surface area contributed by atoms with Gasteiger partial charge in [0.2, 0.25) is 0 Å². The Kier molecular flexibility index (Phi) is 6.33. The Morgan fingerprint density at radius 2 is 1.94 bits per heavy atom. The van der Waals surface area contributed by atoms with Crippen LogP contribution in [0, 0.1) is 11.8 Å².